The van der Waals surface area contributed by atoms with Crippen molar-refractivity contribution in [1.82, 2.24) is 0 Å². The molecular formula is C10H20N2O4S2. The van der Waals surface area contributed by atoms with Gasteiger partial charge in [0.2, 0.25) is 0 Å². The zero-order valence-electron chi connectivity index (χ0n) is 10.3. The van der Waals surface area contributed by atoms with Crippen molar-refractivity contribution in [3.8, 4) is 0 Å². The second kappa shape index (κ2) is 10.5. The predicted molar refractivity (Wildman–Crippen MR) is 74.4 cm³/mol. The fourth-order valence-corrected chi connectivity index (χ4v) is 3.03. The number of rotatable bonds is 10. The van der Waals surface area contributed by atoms with Gasteiger partial charge < -0.3 is 21.3 Å². The zero-order chi connectivity index (χ0) is 14.0. The third-order valence-corrected chi connectivity index (χ3v) is 4.41. The van der Waals surface area contributed by atoms with Crippen LogP contribution >= 0.6 is 21.6 Å². The quantitative estimate of drug-likeness (QED) is 0.302. The minimum Gasteiger partial charge on any atom is -0.480 e. The highest BCUT2D eigenvalue weighted by Gasteiger charge is 2.16. The molecule has 0 radical (unpaired) electrons. The number of hydrogen-bond acceptors (Lipinski definition) is 7. The Morgan fingerprint density at radius 3 is 2.28 bits per heavy atom. The van der Waals surface area contributed by atoms with Gasteiger partial charge in [-0.05, 0) is 6.42 Å². The van der Waals surface area contributed by atoms with Crippen LogP contribution in [-0.4, -0.2) is 47.2 Å². The molecule has 0 aromatic carbocycles. The molecule has 8 heteroatoms. The Bertz CT molecular complexity index is 266. The van der Waals surface area contributed by atoms with E-state index in [1.54, 1.807) is 0 Å². The summed E-state index contributed by atoms with van der Waals surface area (Å²) in [5.74, 6) is -0.801. The predicted octanol–water partition coefficient (Wildman–Crippen LogP) is 0.450. The Kier molecular flexibility index (Phi) is 10.2. The molecule has 0 heterocycles. The fraction of sp³-hybridized carbons (Fsp3) is 0.800. The molecule has 6 nitrogen and oxygen atoms in total. The Balaban J connectivity index is 3.60. The number of hydrogen-bond donors (Lipinski definition) is 3. The standard InChI is InChI=1S/C10H20N2O4S2/c1-2-3-4-16-10(15)8(12)6-18-17-5-7(11)9(13)14/h7-8H,2-6,11-12H2,1H3,(H,13,14). The SMILES string of the molecule is CCCCOC(=O)C(N)CSSCC(N)C(=O)O. The van der Waals surface area contributed by atoms with Gasteiger partial charge in [-0.2, -0.15) is 0 Å². The zero-order valence-corrected chi connectivity index (χ0v) is 12.0. The number of unbranched alkanes of at least 4 members (excludes halogenated alkanes) is 1. The van der Waals surface area contributed by atoms with Gasteiger partial charge in [0.05, 0.1) is 6.61 Å². The van der Waals surface area contributed by atoms with E-state index in [-0.39, 0.29) is 5.75 Å². The number of carboxylic acids is 1. The van der Waals surface area contributed by atoms with Crippen LogP contribution in [0.15, 0.2) is 0 Å². The Hall–Kier alpha value is -0.440. The molecule has 0 bridgehead atoms. The summed E-state index contributed by atoms with van der Waals surface area (Å²) >= 11 is 0. The maximum atomic E-state index is 11.4. The highest BCUT2D eigenvalue weighted by Crippen LogP contribution is 2.22. The average Bonchev–Trinajstić information content (AvgIpc) is 2.33. The van der Waals surface area contributed by atoms with E-state index in [4.69, 9.17) is 21.3 Å². The van der Waals surface area contributed by atoms with Gasteiger partial charge in [0.1, 0.15) is 12.1 Å². The fourth-order valence-electron chi connectivity index (χ4n) is 0.806. The van der Waals surface area contributed by atoms with Gasteiger partial charge in [0.25, 0.3) is 0 Å². The van der Waals surface area contributed by atoms with Crippen molar-refractivity contribution in [3.05, 3.63) is 0 Å². The molecule has 5 N–H and O–H groups in total. The van der Waals surface area contributed by atoms with Crippen molar-refractivity contribution in [2.75, 3.05) is 18.1 Å². The number of ether oxygens (including phenoxy) is 1. The lowest BCUT2D eigenvalue weighted by Gasteiger charge is -2.11. The number of carbonyl (C=O) groups excluding carboxylic acids is 1. The molecule has 0 saturated heterocycles. The van der Waals surface area contributed by atoms with Crippen LogP contribution in [0.4, 0.5) is 0 Å². The molecule has 0 aromatic rings. The minimum absolute atomic E-state index is 0.275. The normalized spacial score (nSPS) is 13.9. The van der Waals surface area contributed by atoms with Crippen LogP contribution in [0.1, 0.15) is 19.8 Å². The van der Waals surface area contributed by atoms with Crippen LogP contribution in [-0.2, 0) is 14.3 Å². The molecule has 0 aliphatic heterocycles. The van der Waals surface area contributed by atoms with Crippen molar-refractivity contribution < 1.29 is 19.4 Å². The molecule has 18 heavy (non-hydrogen) atoms. The molecule has 0 fully saturated rings. The topological polar surface area (TPSA) is 116 Å². The third kappa shape index (κ3) is 8.62. The van der Waals surface area contributed by atoms with E-state index < -0.39 is 24.0 Å². The van der Waals surface area contributed by atoms with E-state index in [9.17, 15) is 9.59 Å². The van der Waals surface area contributed by atoms with E-state index in [1.807, 2.05) is 6.92 Å². The molecule has 0 aliphatic carbocycles. The summed E-state index contributed by atoms with van der Waals surface area (Å²) in [5.41, 5.74) is 10.9. The van der Waals surface area contributed by atoms with Crippen molar-refractivity contribution in [3.63, 3.8) is 0 Å². The van der Waals surface area contributed by atoms with Crippen LogP contribution in [0.25, 0.3) is 0 Å². The molecule has 0 rings (SSSR count). The molecule has 0 spiro atoms. The van der Waals surface area contributed by atoms with Crippen LogP contribution < -0.4 is 11.5 Å². The summed E-state index contributed by atoms with van der Waals surface area (Å²) < 4.78 is 4.96. The van der Waals surface area contributed by atoms with E-state index in [0.717, 1.165) is 12.8 Å². The lowest BCUT2D eigenvalue weighted by molar-refractivity contribution is -0.144. The van der Waals surface area contributed by atoms with Gasteiger partial charge in [0.15, 0.2) is 0 Å². The second-order valence-electron chi connectivity index (χ2n) is 3.64. The highest BCUT2D eigenvalue weighted by atomic mass is 33.1. The first-order valence-electron chi connectivity index (χ1n) is 5.64. The van der Waals surface area contributed by atoms with Gasteiger partial charge in [-0.3, -0.25) is 9.59 Å². The van der Waals surface area contributed by atoms with E-state index in [2.05, 4.69) is 0 Å². The molecular weight excluding hydrogens is 276 g/mol. The minimum atomic E-state index is -1.04. The van der Waals surface area contributed by atoms with Crippen molar-refractivity contribution in [2.45, 2.75) is 31.8 Å². The summed E-state index contributed by atoms with van der Waals surface area (Å²) in [7, 11) is 2.61. The Labute approximate surface area is 115 Å². The summed E-state index contributed by atoms with van der Waals surface area (Å²) in [6, 6.07) is -1.57. The lowest BCUT2D eigenvalue weighted by Crippen LogP contribution is -2.35. The van der Waals surface area contributed by atoms with E-state index >= 15 is 0 Å². The van der Waals surface area contributed by atoms with Crippen LogP contribution in [0.3, 0.4) is 0 Å². The van der Waals surface area contributed by atoms with Crippen LogP contribution in [0.2, 0.25) is 0 Å². The maximum absolute atomic E-state index is 11.4. The average molecular weight is 296 g/mol. The molecule has 0 aliphatic rings. The molecule has 0 amide bonds. The summed E-state index contributed by atoms with van der Waals surface area (Å²) in [6.45, 7) is 2.40. The lowest BCUT2D eigenvalue weighted by atomic mass is 10.3. The Morgan fingerprint density at radius 1 is 1.22 bits per heavy atom. The monoisotopic (exact) mass is 296 g/mol. The third-order valence-electron chi connectivity index (χ3n) is 1.94. The second-order valence-corrected chi connectivity index (χ2v) is 6.19. The van der Waals surface area contributed by atoms with Crippen LogP contribution in [0, 0.1) is 0 Å². The number of carbonyl (C=O) groups is 2. The summed E-state index contributed by atoms with van der Waals surface area (Å²) in [5, 5.41) is 8.55. The van der Waals surface area contributed by atoms with E-state index in [0.29, 0.717) is 12.4 Å². The van der Waals surface area contributed by atoms with Gasteiger partial charge >= 0.3 is 11.9 Å². The first-order valence-corrected chi connectivity index (χ1v) is 8.12. The largest absolute Gasteiger partial charge is 0.480 e. The molecule has 2 atom stereocenters. The molecule has 0 saturated carbocycles. The molecule has 2 unspecified atom stereocenters. The van der Waals surface area contributed by atoms with Gasteiger partial charge in [-0.1, -0.05) is 34.9 Å². The van der Waals surface area contributed by atoms with Crippen molar-refractivity contribution in [1.29, 1.82) is 0 Å². The number of esters is 1. The number of carboxylic acid groups (broad SMARTS) is 1. The summed E-state index contributed by atoms with van der Waals surface area (Å²) in [4.78, 5) is 21.8. The van der Waals surface area contributed by atoms with Gasteiger partial charge in [-0.25, -0.2) is 0 Å². The Morgan fingerprint density at radius 2 is 1.78 bits per heavy atom. The smallest absolute Gasteiger partial charge is 0.323 e. The number of nitrogens with two attached hydrogens (primary N) is 2. The number of aliphatic carboxylic acids is 1. The first-order chi connectivity index (χ1) is 8.49. The highest BCUT2D eigenvalue weighted by molar-refractivity contribution is 8.76. The van der Waals surface area contributed by atoms with Gasteiger partial charge in [-0.15, -0.1) is 0 Å². The van der Waals surface area contributed by atoms with Gasteiger partial charge in [0, 0.05) is 11.5 Å². The van der Waals surface area contributed by atoms with E-state index in [1.165, 1.54) is 21.6 Å². The van der Waals surface area contributed by atoms with Crippen molar-refractivity contribution in [2.24, 2.45) is 11.5 Å². The van der Waals surface area contributed by atoms with Crippen molar-refractivity contribution >= 4 is 33.5 Å². The summed E-state index contributed by atoms with van der Waals surface area (Å²) in [6.07, 6.45) is 1.79. The maximum Gasteiger partial charge on any atom is 0.323 e. The molecule has 0 aromatic heterocycles. The van der Waals surface area contributed by atoms with Crippen LogP contribution in [0.5, 0.6) is 0 Å². The first kappa shape index (κ1) is 17.6. The molecule has 106 valence electrons.